The molecule has 0 aliphatic carbocycles. The quantitative estimate of drug-likeness (QED) is 0.445. The van der Waals surface area contributed by atoms with Crippen molar-refractivity contribution in [3.05, 3.63) is 79.1 Å². The van der Waals surface area contributed by atoms with Crippen molar-refractivity contribution < 1.29 is 4.74 Å². The lowest BCUT2D eigenvalue weighted by molar-refractivity contribution is 0.312. The molecule has 0 spiro atoms. The molecule has 5 heteroatoms. The number of pyridine rings is 1. The predicted octanol–water partition coefficient (Wildman–Crippen LogP) is 4.60. The molecule has 0 amide bonds. The van der Waals surface area contributed by atoms with E-state index in [2.05, 4.69) is 23.0 Å². The van der Waals surface area contributed by atoms with Crippen LogP contribution >= 0.6 is 0 Å². The molecule has 2 aromatic heterocycles. The largest absolute Gasteiger partial charge is 0.494 e. The highest BCUT2D eigenvalue weighted by molar-refractivity contribution is 5.90. The Labute approximate surface area is 164 Å². The molecule has 0 N–H and O–H groups in total. The van der Waals surface area contributed by atoms with E-state index in [0.717, 1.165) is 41.0 Å². The summed E-state index contributed by atoms with van der Waals surface area (Å²) < 4.78 is 5.81. The molecule has 0 fully saturated rings. The van der Waals surface area contributed by atoms with Crippen LogP contribution in [0.25, 0.3) is 22.3 Å². The van der Waals surface area contributed by atoms with Gasteiger partial charge in [-0.1, -0.05) is 30.3 Å². The Morgan fingerprint density at radius 3 is 2.54 bits per heavy atom. The number of hydrogen-bond donors (Lipinski definition) is 0. The Morgan fingerprint density at radius 1 is 0.893 bits per heavy atom. The molecule has 4 aromatic rings. The lowest BCUT2D eigenvalue weighted by Crippen LogP contribution is -2.22. The second-order valence-electron chi connectivity index (χ2n) is 6.57. The SMILES string of the molecule is CN(CCCOc1ccccc1)c1nc(-c2cccnc2)nc2ccccc12. The molecule has 0 radical (unpaired) electrons. The fourth-order valence-corrected chi connectivity index (χ4v) is 3.09. The number of fused-ring (bicyclic) bond motifs is 1. The van der Waals surface area contributed by atoms with E-state index in [1.54, 1.807) is 12.4 Å². The minimum Gasteiger partial charge on any atom is -0.494 e. The molecule has 0 atom stereocenters. The van der Waals surface area contributed by atoms with Crippen molar-refractivity contribution in [1.82, 2.24) is 15.0 Å². The monoisotopic (exact) mass is 370 g/mol. The summed E-state index contributed by atoms with van der Waals surface area (Å²) in [6, 6.07) is 21.9. The van der Waals surface area contributed by atoms with Gasteiger partial charge in [0, 0.05) is 36.9 Å². The standard InChI is InChI=1S/C23H22N4O/c1-27(15-8-16-28-19-10-3-2-4-11-19)23-20-12-5-6-13-21(20)25-22(26-23)18-9-7-14-24-17-18/h2-7,9-14,17H,8,15-16H2,1H3. The summed E-state index contributed by atoms with van der Waals surface area (Å²) in [5.41, 5.74) is 1.84. The van der Waals surface area contributed by atoms with Crippen LogP contribution in [0.3, 0.4) is 0 Å². The minimum atomic E-state index is 0.660. The van der Waals surface area contributed by atoms with E-state index in [4.69, 9.17) is 14.7 Å². The van der Waals surface area contributed by atoms with E-state index in [1.807, 2.05) is 60.7 Å². The van der Waals surface area contributed by atoms with Gasteiger partial charge in [0.2, 0.25) is 0 Å². The maximum atomic E-state index is 5.81. The zero-order chi connectivity index (χ0) is 19.2. The minimum absolute atomic E-state index is 0.660. The number of nitrogens with zero attached hydrogens (tertiary/aromatic N) is 4. The van der Waals surface area contributed by atoms with E-state index >= 15 is 0 Å². The maximum Gasteiger partial charge on any atom is 0.163 e. The second-order valence-corrected chi connectivity index (χ2v) is 6.57. The van der Waals surface area contributed by atoms with E-state index in [-0.39, 0.29) is 0 Å². The number of rotatable bonds is 7. The second kappa shape index (κ2) is 8.48. The molecule has 0 aliphatic heterocycles. The van der Waals surface area contributed by atoms with Crippen molar-refractivity contribution in [3.8, 4) is 17.1 Å². The molecule has 5 nitrogen and oxygen atoms in total. The fraction of sp³-hybridized carbons (Fsp3) is 0.174. The maximum absolute atomic E-state index is 5.81. The summed E-state index contributed by atoms with van der Waals surface area (Å²) in [5.74, 6) is 2.51. The highest BCUT2D eigenvalue weighted by Crippen LogP contribution is 2.26. The zero-order valence-electron chi connectivity index (χ0n) is 15.8. The molecular weight excluding hydrogens is 348 g/mol. The number of aromatic nitrogens is 3. The first-order chi connectivity index (χ1) is 13.8. The van der Waals surface area contributed by atoms with Crippen molar-refractivity contribution in [3.63, 3.8) is 0 Å². The van der Waals surface area contributed by atoms with Gasteiger partial charge in [-0.2, -0.15) is 0 Å². The summed E-state index contributed by atoms with van der Waals surface area (Å²) in [4.78, 5) is 15.9. The Balaban J connectivity index is 1.53. The lowest BCUT2D eigenvalue weighted by atomic mass is 10.2. The van der Waals surface area contributed by atoms with Gasteiger partial charge >= 0.3 is 0 Å². The van der Waals surface area contributed by atoms with Crippen molar-refractivity contribution >= 4 is 16.7 Å². The van der Waals surface area contributed by atoms with Crippen LogP contribution in [-0.4, -0.2) is 35.2 Å². The third-order valence-corrected chi connectivity index (χ3v) is 4.51. The van der Waals surface area contributed by atoms with E-state index < -0.39 is 0 Å². The van der Waals surface area contributed by atoms with Gasteiger partial charge in [0.15, 0.2) is 5.82 Å². The smallest absolute Gasteiger partial charge is 0.163 e. The molecule has 0 aliphatic rings. The average molecular weight is 370 g/mol. The van der Waals surface area contributed by atoms with Crippen LogP contribution in [0.2, 0.25) is 0 Å². The van der Waals surface area contributed by atoms with Gasteiger partial charge in [-0.15, -0.1) is 0 Å². The van der Waals surface area contributed by atoms with E-state index in [9.17, 15) is 0 Å². The molecule has 0 saturated heterocycles. The number of anilines is 1. The highest BCUT2D eigenvalue weighted by Gasteiger charge is 2.12. The third-order valence-electron chi connectivity index (χ3n) is 4.51. The normalized spacial score (nSPS) is 10.8. The summed E-state index contributed by atoms with van der Waals surface area (Å²) in [6.07, 6.45) is 4.44. The first kappa shape index (κ1) is 17.9. The Hall–Kier alpha value is -3.47. The third kappa shape index (κ3) is 4.09. The molecule has 0 saturated carbocycles. The van der Waals surface area contributed by atoms with Gasteiger partial charge in [-0.3, -0.25) is 4.98 Å². The Morgan fingerprint density at radius 2 is 1.71 bits per heavy atom. The van der Waals surface area contributed by atoms with Crippen LogP contribution in [-0.2, 0) is 0 Å². The van der Waals surface area contributed by atoms with Crippen LogP contribution < -0.4 is 9.64 Å². The van der Waals surface area contributed by atoms with Gasteiger partial charge in [0.25, 0.3) is 0 Å². The lowest BCUT2D eigenvalue weighted by Gasteiger charge is -2.20. The average Bonchev–Trinajstić information content (AvgIpc) is 2.77. The van der Waals surface area contributed by atoms with Crippen molar-refractivity contribution in [2.45, 2.75) is 6.42 Å². The summed E-state index contributed by atoms with van der Waals surface area (Å²) in [7, 11) is 2.06. The fourth-order valence-electron chi connectivity index (χ4n) is 3.09. The molecule has 140 valence electrons. The Kier molecular flexibility index (Phi) is 5.43. The molecule has 2 heterocycles. The molecule has 28 heavy (non-hydrogen) atoms. The topological polar surface area (TPSA) is 51.1 Å². The summed E-state index contributed by atoms with van der Waals surface area (Å²) in [5, 5.41) is 1.04. The van der Waals surface area contributed by atoms with E-state index in [0.29, 0.717) is 12.4 Å². The van der Waals surface area contributed by atoms with Crippen LogP contribution in [0.5, 0.6) is 5.75 Å². The van der Waals surface area contributed by atoms with Crippen LogP contribution in [0.15, 0.2) is 79.1 Å². The van der Waals surface area contributed by atoms with Crippen molar-refractivity contribution in [2.75, 3.05) is 25.1 Å². The Bertz CT molecular complexity index is 1040. The van der Waals surface area contributed by atoms with Crippen LogP contribution in [0, 0.1) is 0 Å². The number of ether oxygens (including phenoxy) is 1. The number of para-hydroxylation sites is 2. The van der Waals surface area contributed by atoms with Gasteiger partial charge in [-0.05, 0) is 42.8 Å². The van der Waals surface area contributed by atoms with Crippen molar-refractivity contribution in [2.24, 2.45) is 0 Å². The van der Waals surface area contributed by atoms with E-state index in [1.165, 1.54) is 0 Å². The van der Waals surface area contributed by atoms with Crippen molar-refractivity contribution in [1.29, 1.82) is 0 Å². The summed E-state index contributed by atoms with van der Waals surface area (Å²) in [6.45, 7) is 1.49. The molecule has 0 unspecified atom stereocenters. The molecular formula is C23H22N4O. The first-order valence-corrected chi connectivity index (χ1v) is 9.37. The van der Waals surface area contributed by atoms with Gasteiger partial charge in [0.05, 0.1) is 12.1 Å². The van der Waals surface area contributed by atoms with Gasteiger partial charge in [0.1, 0.15) is 11.6 Å². The van der Waals surface area contributed by atoms with Gasteiger partial charge < -0.3 is 9.64 Å². The molecule has 4 rings (SSSR count). The summed E-state index contributed by atoms with van der Waals surface area (Å²) >= 11 is 0. The molecule has 0 bridgehead atoms. The van der Waals surface area contributed by atoms with Crippen LogP contribution in [0.4, 0.5) is 5.82 Å². The first-order valence-electron chi connectivity index (χ1n) is 9.37. The predicted molar refractivity (Wildman–Crippen MR) is 113 cm³/mol. The van der Waals surface area contributed by atoms with Gasteiger partial charge in [-0.25, -0.2) is 9.97 Å². The zero-order valence-corrected chi connectivity index (χ0v) is 15.8. The van der Waals surface area contributed by atoms with Crippen LogP contribution in [0.1, 0.15) is 6.42 Å². The number of benzene rings is 2. The molecule has 2 aromatic carbocycles. The number of hydrogen-bond acceptors (Lipinski definition) is 5. The highest BCUT2D eigenvalue weighted by atomic mass is 16.5.